The van der Waals surface area contributed by atoms with Crippen molar-refractivity contribution < 1.29 is 9.59 Å². The van der Waals surface area contributed by atoms with Crippen molar-refractivity contribution in [3.05, 3.63) is 64.3 Å². The summed E-state index contributed by atoms with van der Waals surface area (Å²) in [5, 5.41) is 9.23. The van der Waals surface area contributed by atoms with E-state index in [2.05, 4.69) is 5.32 Å². The van der Waals surface area contributed by atoms with Crippen molar-refractivity contribution in [1.29, 1.82) is 0 Å². The molecule has 1 saturated heterocycles. The maximum Gasteiger partial charge on any atom is 0.253 e. The summed E-state index contributed by atoms with van der Waals surface area (Å²) in [6, 6.07) is 10.8. The number of hydrogen-bond donors (Lipinski definition) is 1. The summed E-state index contributed by atoms with van der Waals surface area (Å²) in [5.41, 5.74) is 3.24. The summed E-state index contributed by atoms with van der Waals surface area (Å²) in [4.78, 5) is 26.9. The Bertz CT molecular complexity index is 1100. The van der Waals surface area contributed by atoms with Gasteiger partial charge in [-0.2, -0.15) is 5.10 Å². The molecule has 2 heterocycles. The first kappa shape index (κ1) is 21.4. The number of aryl methyl sites for hydroxylation is 1. The Balaban J connectivity index is 1.40. The minimum Gasteiger partial charge on any atom is -0.352 e. The molecule has 0 atom stereocenters. The molecule has 31 heavy (non-hydrogen) atoms. The zero-order valence-corrected chi connectivity index (χ0v) is 18.7. The maximum absolute atomic E-state index is 12.7. The van der Waals surface area contributed by atoms with E-state index in [4.69, 9.17) is 16.7 Å². The van der Waals surface area contributed by atoms with Gasteiger partial charge in [-0.3, -0.25) is 14.3 Å². The second-order valence-corrected chi connectivity index (χ2v) is 8.56. The lowest BCUT2D eigenvalue weighted by atomic mass is 9.96. The molecule has 1 aliphatic rings. The summed E-state index contributed by atoms with van der Waals surface area (Å²) in [5.74, 6) is 0.479. The van der Waals surface area contributed by atoms with E-state index in [9.17, 15) is 9.59 Å². The smallest absolute Gasteiger partial charge is 0.253 e. The molecule has 3 aromatic rings. The van der Waals surface area contributed by atoms with E-state index in [-0.39, 0.29) is 11.8 Å². The Hall–Kier alpha value is -2.86. The number of nitrogens with one attached hydrogen (secondary N) is 1. The van der Waals surface area contributed by atoms with E-state index in [0.29, 0.717) is 28.6 Å². The van der Waals surface area contributed by atoms with Gasteiger partial charge in [-0.25, -0.2) is 0 Å². The van der Waals surface area contributed by atoms with E-state index in [1.165, 1.54) is 0 Å². The molecule has 2 amide bonds. The van der Waals surface area contributed by atoms with Crippen LogP contribution in [0, 0.1) is 12.8 Å². The van der Waals surface area contributed by atoms with Crippen LogP contribution in [0.25, 0.3) is 10.9 Å². The van der Waals surface area contributed by atoms with Crippen LogP contribution in [0.15, 0.2) is 42.6 Å². The third kappa shape index (κ3) is 4.59. The third-order valence-corrected chi connectivity index (χ3v) is 6.28. The monoisotopic (exact) mass is 438 g/mol. The van der Waals surface area contributed by atoms with Crippen LogP contribution >= 0.6 is 11.6 Å². The van der Waals surface area contributed by atoms with Crippen molar-refractivity contribution in [3.8, 4) is 0 Å². The van der Waals surface area contributed by atoms with Gasteiger partial charge in [0, 0.05) is 53.9 Å². The maximum atomic E-state index is 12.7. The Morgan fingerprint density at radius 2 is 1.84 bits per heavy atom. The first-order valence-electron chi connectivity index (χ1n) is 10.8. The average molecular weight is 439 g/mol. The number of fused-ring (bicyclic) bond motifs is 1. The fourth-order valence-corrected chi connectivity index (χ4v) is 4.36. The number of aromatic nitrogens is 2. The van der Waals surface area contributed by atoms with E-state index in [1.807, 2.05) is 41.8 Å². The SMILES string of the molecule is CCNC(=O)c1ccc2nn(CC3CCN(C(=O)c4ccc(Cl)cc4)CC3)cc2c1C. The van der Waals surface area contributed by atoms with Crippen LogP contribution in [-0.2, 0) is 6.54 Å². The first-order valence-corrected chi connectivity index (χ1v) is 11.1. The zero-order chi connectivity index (χ0) is 22.0. The highest BCUT2D eigenvalue weighted by Crippen LogP contribution is 2.24. The molecule has 2 aromatic carbocycles. The van der Waals surface area contributed by atoms with Gasteiger partial charge in [-0.15, -0.1) is 0 Å². The van der Waals surface area contributed by atoms with E-state index in [1.54, 1.807) is 24.3 Å². The number of rotatable bonds is 5. The van der Waals surface area contributed by atoms with Gasteiger partial charge in [-0.1, -0.05) is 11.6 Å². The summed E-state index contributed by atoms with van der Waals surface area (Å²) in [6.07, 6.45) is 3.93. The Morgan fingerprint density at radius 3 is 2.52 bits per heavy atom. The standard InChI is InChI=1S/C24H27ClN4O2/c1-3-26-23(30)20-8-9-22-21(16(20)2)15-29(27-22)14-17-10-12-28(13-11-17)24(31)18-4-6-19(25)7-5-18/h4-9,15,17H,3,10-14H2,1-2H3,(H,26,30). The summed E-state index contributed by atoms with van der Waals surface area (Å²) < 4.78 is 1.99. The number of likely N-dealkylation sites (tertiary alicyclic amines) is 1. The third-order valence-electron chi connectivity index (χ3n) is 6.03. The predicted octanol–water partition coefficient (Wildman–Crippen LogP) is 4.30. The summed E-state index contributed by atoms with van der Waals surface area (Å²) >= 11 is 5.92. The normalized spacial score (nSPS) is 14.7. The molecule has 0 radical (unpaired) electrons. The molecule has 0 spiro atoms. The lowest BCUT2D eigenvalue weighted by molar-refractivity contribution is 0.0681. The van der Waals surface area contributed by atoms with Gasteiger partial charge in [0.15, 0.2) is 0 Å². The molecule has 0 aliphatic carbocycles. The van der Waals surface area contributed by atoms with Gasteiger partial charge in [-0.05, 0) is 74.6 Å². The van der Waals surface area contributed by atoms with Crippen LogP contribution in [0.2, 0.25) is 5.02 Å². The molecule has 1 aliphatic heterocycles. The van der Waals surface area contributed by atoms with Crippen molar-refractivity contribution in [3.63, 3.8) is 0 Å². The molecular weight excluding hydrogens is 412 g/mol. The van der Waals surface area contributed by atoms with Gasteiger partial charge in [0.05, 0.1) is 5.52 Å². The molecule has 6 nitrogen and oxygen atoms in total. The van der Waals surface area contributed by atoms with Gasteiger partial charge in [0.25, 0.3) is 11.8 Å². The largest absolute Gasteiger partial charge is 0.352 e. The van der Waals surface area contributed by atoms with Crippen LogP contribution in [0.1, 0.15) is 46.0 Å². The summed E-state index contributed by atoms with van der Waals surface area (Å²) in [6.45, 7) is 6.79. The van der Waals surface area contributed by atoms with Crippen LogP contribution in [0.4, 0.5) is 0 Å². The number of nitrogens with zero attached hydrogens (tertiary/aromatic N) is 3. The average Bonchev–Trinajstić information content (AvgIpc) is 3.18. The minimum atomic E-state index is -0.0487. The number of piperidine rings is 1. The quantitative estimate of drug-likeness (QED) is 0.645. The van der Waals surface area contributed by atoms with E-state index in [0.717, 1.165) is 48.9 Å². The van der Waals surface area contributed by atoms with Gasteiger partial charge >= 0.3 is 0 Å². The lowest BCUT2D eigenvalue weighted by Gasteiger charge is -2.32. The second kappa shape index (κ2) is 9.10. The molecule has 1 N–H and O–H groups in total. The van der Waals surface area contributed by atoms with Crippen LogP contribution in [0.5, 0.6) is 0 Å². The Kier molecular flexibility index (Phi) is 6.28. The van der Waals surface area contributed by atoms with E-state index < -0.39 is 0 Å². The summed E-state index contributed by atoms with van der Waals surface area (Å²) in [7, 11) is 0. The number of carbonyl (C=O) groups excluding carboxylic acids is 2. The van der Waals surface area contributed by atoms with Gasteiger partial charge in [0.1, 0.15) is 0 Å². The van der Waals surface area contributed by atoms with Crippen molar-refractivity contribution in [1.82, 2.24) is 20.0 Å². The number of carbonyl (C=O) groups is 2. The molecule has 162 valence electrons. The van der Waals surface area contributed by atoms with Crippen molar-refractivity contribution in [2.75, 3.05) is 19.6 Å². The molecule has 0 saturated carbocycles. The molecule has 0 unspecified atom stereocenters. The second-order valence-electron chi connectivity index (χ2n) is 8.12. The highest BCUT2D eigenvalue weighted by Gasteiger charge is 2.24. The number of benzene rings is 2. The molecule has 1 aromatic heterocycles. The predicted molar refractivity (Wildman–Crippen MR) is 123 cm³/mol. The Morgan fingerprint density at radius 1 is 1.13 bits per heavy atom. The highest BCUT2D eigenvalue weighted by molar-refractivity contribution is 6.30. The fraction of sp³-hybridized carbons (Fsp3) is 0.375. The zero-order valence-electron chi connectivity index (χ0n) is 17.9. The highest BCUT2D eigenvalue weighted by atomic mass is 35.5. The van der Waals surface area contributed by atoms with Crippen LogP contribution in [-0.4, -0.2) is 46.1 Å². The first-order chi connectivity index (χ1) is 15.0. The lowest BCUT2D eigenvalue weighted by Crippen LogP contribution is -2.39. The number of halogens is 1. The van der Waals surface area contributed by atoms with Gasteiger partial charge in [0.2, 0.25) is 0 Å². The Labute approximate surface area is 187 Å². The minimum absolute atomic E-state index is 0.0487. The molecule has 1 fully saturated rings. The molecule has 0 bridgehead atoms. The molecule has 4 rings (SSSR count). The van der Waals surface area contributed by atoms with Crippen molar-refractivity contribution >= 4 is 34.3 Å². The topological polar surface area (TPSA) is 67.2 Å². The van der Waals surface area contributed by atoms with Crippen molar-refractivity contribution in [2.45, 2.75) is 33.2 Å². The molecule has 7 heteroatoms. The van der Waals surface area contributed by atoms with Crippen LogP contribution < -0.4 is 5.32 Å². The van der Waals surface area contributed by atoms with Crippen LogP contribution in [0.3, 0.4) is 0 Å². The van der Waals surface area contributed by atoms with E-state index >= 15 is 0 Å². The van der Waals surface area contributed by atoms with Crippen molar-refractivity contribution in [2.24, 2.45) is 5.92 Å². The number of hydrogen-bond acceptors (Lipinski definition) is 3. The number of amides is 2. The molecular formula is C24H27ClN4O2. The van der Waals surface area contributed by atoms with Gasteiger partial charge < -0.3 is 10.2 Å². The fourth-order valence-electron chi connectivity index (χ4n) is 4.23.